The second kappa shape index (κ2) is 7.68. The van der Waals surface area contributed by atoms with Crippen LogP contribution < -0.4 is 5.32 Å². The van der Waals surface area contributed by atoms with Crippen molar-refractivity contribution in [2.24, 2.45) is 0 Å². The summed E-state index contributed by atoms with van der Waals surface area (Å²) < 4.78 is 0. The molecule has 24 heavy (non-hydrogen) atoms. The van der Waals surface area contributed by atoms with Gasteiger partial charge in [-0.15, -0.1) is 11.3 Å². The van der Waals surface area contributed by atoms with Crippen LogP contribution in [0, 0.1) is 0 Å². The Balaban J connectivity index is 1.61. The zero-order valence-corrected chi connectivity index (χ0v) is 15.7. The fourth-order valence-electron chi connectivity index (χ4n) is 3.35. The van der Waals surface area contributed by atoms with Crippen molar-refractivity contribution in [2.75, 3.05) is 13.1 Å². The highest BCUT2D eigenvalue weighted by Crippen LogP contribution is 2.35. The zero-order chi connectivity index (χ0) is 17.1. The highest BCUT2D eigenvalue weighted by Gasteiger charge is 2.30. The Morgan fingerprint density at radius 1 is 1.38 bits per heavy atom. The van der Waals surface area contributed by atoms with Gasteiger partial charge < -0.3 is 10.2 Å². The van der Waals surface area contributed by atoms with Gasteiger partial charge in [0, 0.05) is 22.5 Å². The molecule has 2 aromatic rings. The summed E-state index contributed by atoms with van der Waals surface area (Å²) in [5, 5.41) is 6.22. The van der Waals surface area contributed by atoms with Crippen LogP contribution in [-0.2, 0) is 11.2 Å². The van der Waals surface area contributed by atoms with Crippen LogP contribution in [0.1, 0.15) is 48.4 Å². The number of fused-ring (bicyclic) bond motifs is 1. The number of hydrogen-bond acceptors (Lipinski definition) is 3. The molecule has 2 heterocycles. The molecule has 1 N–H and O–H groups in total. The first-order valence-electron chi connectivity index (χ1n) is 8.44. The largest absolute Gasteiger partial charge is 0.334 e. The van der Waals surface area contributed by atoms with E-state index in [0.29, 0.717) is 6.54 Å². The van der Waals surface area contributed by atoms with Gasteiger partial charge in [0.05, 0.1) is 12.6 Å². The molecule has 3 rings (SSSR count). The van der Waals surface area contributed by atoms with Gasteiger partial charge in [0.25, 0.3) is 0 Å². The highest BCUT2D eigenvalue weighted by molar-refractivity contribution is 7.10. The number of rotatable bonds is 5. The fourth-order valence-corrected chi connectivity index (χ4v) is 4.40. The minimum atomic E-state index is 0.118. The van der Waals surface area contributed by atoms with Crippen LogP contribution in [0.3, 0.4) is 0 Å². The lowest BCUT2D eigenvalue weighted by Gasteiger charge is -2.36. The molecule has 128 valence electrons. The SMILES string of the molecule is CCC1c2ccsc2CCN1C(=O)CNC(C)c1ccc(Cl)cc1. The number of carbonyl (C=O) groups is 1. The van der Waals surface area contributed by atoms with Crippen LogP contribution in [0.2, 0.25) is 5.02 Å². The molecule has 1 aliphatic rings. The van der Waals surface area contributed by atoms with Crippen molar-refractivity contribution in [2.45, 2.75) is 38.8 Å². The molecule has 1 amide bonds. The van der Waals surface area contributed by atoms with Crippen LogP contribution in [0.5, 0.6) is 0 Å². The van der Waals surface area contributed by atoms with E-state index < -0.39 is 0 Å². The molecular formula is C19H23ClN2OS. The molecule has 0 spiro atoms. The lowest BCUT2D eigenvalue weighted by molar-refractivity contribution is -0.133. The van der Waals surface area contributed by atoms with Crippen LogP contribution in [0.4, 0.5) is 0 Å². The standard InChI is InChI=1S/C19H23ClN2OS/c1-3-17-16-9-11-24-18(16)8-10-22(17)19(23)12-21-13(2)14-4-6-15(20)7-5-14/h4-7,9,11,13,17,21H,3,8,10,12H2,1-2H3. The molecule has 1 aromatic carbocycles. The molecule has 0 radical (unpaired) electrons. The van der Waals surface area contributed by atoms with E-state index >= 15 is 0 Å². The number of hydrogen-bond donors (Lipinski definition) is 1. The van der Waals surface area contributed by atoms with Crippen molar-refractivity contribution in [1.82, 2.24) is 10.2 Å². The molecule has 1 aliphatic heterocycles. The van der Waals surface area contributed by atoms with Crippen molar-refractivity contribution >= 4 is 28.8 Å². The number of halogens is 1. The lowest BCUT2D eigenvalue weighted by atomic mass is 9.97. The van der Waals surface area contributed by atoms with E-state index in [-0.39, 0.29) is 18.0 Å². The minimum absolute atomic E-state index is 0.118. The van der Waals surface area contributed by atoms with Gasteiger partial charge in [0.15, 0.2) is 0 Å². The van der Waals surface area contributed by atoms with E-state index in [9.17, 15) is 4.79 Å². The maximum absolute atomic E-state index is 12.7. The van der Waals surface area contributed by atoms with Gasteiger partial charge in [-0.2, -0.15) is 0 Å². The summed E-state index contributed by atoms with van der Waals surface area (Å²) in [6.45, 7) is 5.41. The monoisotopic (exact) mass is 362 g/mol. The number of nitrogens with zero attached hydrogens (tertiary/aromatic N) is 1. The second-order valence-corrected chi connectivity index (χ2v) is 7.65. The Labute approximate surface area is 152 Å². The third-order valence-electron chi connectivity index (χ3n) is 4.73. The molecule has 1 aromatic heterocycles. The van der Waals surface area contributed by atoms with E-state index in [1.807, 2.05) is 40.5 Å². The number of thiophene rings is 1. The molecule has 3 nitrogen and oxygen atoms in total. The minimum Gasteiger partial charge on any atom is -0.334 e. The van der Waals surface area contributed by atoms with Gasteiger partial charge in [0.2, 0.25) is 5.91 Å². The Morgan fingerprint density at radius 3 is 2.83 bits per heavy atom. The Hall–Kier alpha value is -1.36. The summed E-state index contributed by atoms with van der Waals surface area (Å²) in [4.78, 5) is 16.2. The maximum atomic E-state index is 12.7. The van der Waals surface area contributed by atoms with Gasteiger partial charge in [-0.3, -0.25) is 4.79 Å². The fraction of sp³-hybridized carbons (Fsp3) is 0.421. The third-order valence-corrected chi connectivity index (χ3v) is 5.98. The summed E-state index contributed by atoms with van der Waals surface area (Å²) >= 11 is 7.74. The predicted octanol–water partition coefficient (Wildman–Crippen LogP) is 4.59. The van der Waals surface area contributed by atoms with E-state index in [0.717, 1.165) is 30.0 Å². The molecule has 0 bridgehead atoms. The van der Waals surface area contributed by atoms with Crippen LogP contribution in [-0.4, -0.2) is 23.9 Å². The molecule has 2 atom stereocenters. The Kier molecular flexibility index (Phi) is 5.59. The quantitative estimate of drug-likeness (QED) is 0.843. The zero-order valence-electron chi connectivity index (χ0n) is 14.1. The van der Waals surface area contributed by atoms with Crippen molar-refractivity contribution in [3.8, 4) is 0 Å². The summed E-state index contributed by atoms with van der Waals surface area (Å²) in [7, 11) is 0. The normalized spacial score (nSPS) is 18.3. The molecule has 2 unspecified atom stereocenters. The van der Waals surface area contributed by atoms with Gasteiger partial charge in [-0.1, -0.05) is 30.7 Å². The van der Waals surface area contributed by atoms with Crippen LogP contribution in [0.15, 0.2) is 35.7 Å². The first-order chi connectivity index (χ1) is 11.6. The van der Waals surface area contributed by atoms with Crippen molar-refractivity contribution < 1.29 is 4.79 Å². The third kappa shape index (κ3) is 3.66. The smallest absolute Gasteiger partial charge is 0.237 e. The van der Waals surface area contributed by atoms with Gasteiger partial charge in [0.1, 0.15) is 0 Å². The topological polar surface area (TPSA) is 32.3 Å². The molecular weight excluding hydrogens is 340 g/mol. The molecule has 0 saturated heterocycles. The van der Waals surface area contributed by atoms with Gasteiger partial charge in [-0.05, 0) is 54.5 Å². The number of amides is 1. The number of benzene rings is 1. The molecule has 0 fully saturated rings. The first kappa shape index (κ1) is 17.5. The molecule has 0 aliphatic carbocycles. The van der Waals surface area contributed by atoms with Gasteiger partial charge in [-0.25, -0.2) is 0 Å². The van der Waals surface area contributed by atoms with Crippen molar-refractivity contribution in [3.63, 3.8) is 0 Å². The van der Waals surface area contributed by atoms with Crippen LogP contribution >= 0.6 is 22.9 Å². The molecule has 5 heteroatoms. The Bertz CT molecular complexity index is 698. The van der Waals surface area contributed by atoms with Crippen molar-refractivity contribution in [3.05, 3.63) is 56.7 Å². The summed E-state index contributed by atoms with van der Waals surface area (Å²) in [6.07, 6.45) is 1.93. The van der Waals surface area contributed by atoms with Gasteiger partial charge >= 0.3 is 0 Å². The number of carbonyl (C=O) groups excluding carboxylic acids is 1. The maximum Gasteiger partial charge on any atom is 0.237 e. The number of nitrogens with one attached hydrogen (secondary N) is 1. The first-order valence-corrected chi connectivity index (χ1v) is 9.70. The van der Waals surface area contributed by atoms with E-state index in [2.05, 4.69) is 30.6 Å². The van der Waals surface area contributed by atoms with E-state index in [4.69, 9.17) is 11.6 Å². The van der Waals surface area contributed by atoms with Crippen molar-refractivity contribution in [1.29, 1.82) is 0 Å². The average Bonchev–Trinajstić information content (AvgIpc) is 3.07. The summed E-state index contributed by atoms with van der Waals surface area (Å²) in [5.74, 6) is 0.180. The van der Waals surface area contributed by atoms with E-state index in [1.54, 1.807) is 0 Å². The van der Waals surface area contributed by atoms with E-state index in [1.165, 1.54) is 10.4 Å². The highest BCUT2D eigenvalue weighted by atomic mass is 35.5. The average molecular weight is 363 g/mol. The van der Waals surface area contributed by atoms with Crippen LogP contribution in [0.25, 0.3) is 0 Å². The second-order valence-electron chi connectivity index (χ2n) is 6.21. The molecule has 0 saturated carbocycles. The Morgan fingerprint density at radius 2 is 2.12 bits per heavy atom. The predicted molar refractivity (Wildman–Crippen MR) is 101 cm³/mol. The lowest BCUT2D eigenvalue weighted by Crippen LogP contribution is -2.44. The summed E-state index contributed by atoms with van der Waals surface area (Å²) in [5.41, 5.74) is 2.48. The summed E-state index contributed by atoms with van der Waals surface area (Å²) in [6, 6.07) is 10.3.